The molecule has 80 valence electrons. The van der Waals surface area contributed by atoms with Crippen molar-refractivity contribution in [3.8, 4) is 0 Å². The van der Waals surface area contributed by atoms with Gasteiger partial charge in [0.25, 0.3) is 0 Å². The molecule has 0 aliphatic carbocycles. The Morgan fingerprint density at radius 2 is 1.92 bits per heavy atom. The molecule has 0 radical (unpaired) electrons. The number of hydrogen-bond acceptors (Lipinski definition) is 3. The van der Waals surface area contributed by atoms with Crippen LogP contribution in [-0.2, 0) is 9.47 Å². The SMILES string of the molecule is CCCCOC(C)OCC(C)(C)N. The normalized spacial score (nSPS) is 14.5. The first-order valence-corrected chi connectivity index (χ1v) is 4.98. The van der Waals surface area contributed by atoms with E-state index in [1.54, 1.807) is 0 Å². The molecule has 0 spiro atoms. The van der Waals surface area contributed by atoms with Crippen molar-refractivity contribution in [2.24, 2.45) is 5.73 Å². The number of unbranched alkanes of at least 4 members (excludes halogenated alkanes) is 1. The summed E-state index contributed by atoms with van der Waals surface area (Å²) < 4.78 is 10.8. The fourth-order valence-electron chi connectivity index (χ4n) is 0.774. The smallest absolute Gasteiger partial charge is 0.154 e. The summed E-state index contributed by atoms with van der Waals surface area (Å²) in [4.78, 5) is 0. The number of rotatable bonds is 7. The summed E-state index contributed by atoms with van der Waals surface area (Å²) in [6.45, 7) is 9.21. The minimum Gasteiger partial charge on any atom is -0.353 e. The molecular formula is C10H23NO2. The van der Waals surface area contributed by atoms with Crippen LogP contribution in [-0.4, -0.2) is 25.0 Å². The van der Waals surface area contributed by atoms with Gasteiger partial charge in [-0.25, -0.2) is 0 Å². The zero-order valence-electron chi connectivity index (χ0n) is 9.30. The lowest BCUT2D eigenvalue weighted by Crippen LogP contribution is -2.39. The molecule has 0 saturated carbocycles. The van der Waals surface area contributed by atoms with E-state index >= 15 is 0 Å². The van der Waals surface area contributed by atoms with Crippen LogP contribution in [0.5, 0.6) is 0 Å². The van der Waals surface area contributed by atoms with Gasteiger partial charge in [-0.1, -0.05) is 13.3 Å². The van der Waals surface area contributed by atoms with Crippen molar-refractivity contribution < 1.29 is 9.47 Å². The third-order valence-electron chi connectivity index (χ3n) is 1.54. The Labute approximate surface area is 81.6 Å². The highest BCUT2D eigenvalue weighted by molar-refractivity contribution is 4.70. The maximum Gasteiger partial charge on any atom is 0.154 e. The Morgan fingerprint density at radius 3 is 2.38 bits per heavy atom. The van der Waals surface area contributed by atoms with Gasteiger partial charge in [-0.2, -0.15) is 0 Å². The third kappa shape index (κ3) is 9.80. The van der Waals surface area contributed by atoms with Crippen LogP contribution in [0.3, 0.4) is 0 Å². The maximum atomic E-state index is 5.76. The number of hydrogen-bond donors (Lipinski definition) is 1. The molecule has 3 heteroatoms. The maximum absolute atomic E-state index is 5.76. The summed E-state index contributed by atoms with van der Waals surface area (Å²) in [5.41, 5.74) is 5.48. The summed E-state index contributed by atoms with van der Waals surface area (Å²) in [5, 5.41) is 0. The van der Waals surface area contributed by atoms with E-state index in [-0.39, 0.29) is 11.8 Å². The molecule has 0 aromatic heterocycles. The van der Waals surface area contributed by atoms with Crippen molar-refractivity contribution in [1.29, 1.82) is 0 Å². The van der Waals surface area contributed by atoms with Crippen LogP contribution in [0.2, 0.25) is 0 Å². The molecular weight excluding hydrogens is 166 g/mol. The molecule has 0 heterocycles. The summed E-state index contributed by atoms with van der Waals surface area (Å²) in [7, 11) is 0. The van der Waals surface area contributed by atoms with Gasteiger partial charge in [-0.3, -0.25) is 0 Å². The Kier molecular flexibility index (Phi) is 6.29. The third-order valence-corrected chi connectivity index (χ3v) is 1.54. The van der Waals surface area contributed by atoms with Gasteiger partial charge in [0.05, 0.1) is 6.61 Å². The zero-order valence-corrected chi connectivity index (χ0v) is 9.30. The highest BCUT2D eigenvalue weighted by Crippen LogP contribution is 2.02. The van der Waals surface area contributed by atoms with Gasteiger partial charge in [0, 0.05) is 12.1 Å². The first-order valence-electron chi connectivity index (χ1n) is 4.98. The van der Waals surface area contributed by atoms with Gasteiger partial charge in [0.1, 0.15) is 0 Å². The number of ether oxygens (including phenoxy) is 2. The second-order valence-corrected chi connectivity index (χ2v) is 4.09. The quantitative estimate of drug-likeness (QED) is 0.491. The summed E-state index contributed by atoms with van der Waals surface area (Å²) in [6, 6.07) is 0. The molecule has 1 atom stereocenters. The Bertz CT molecular complexity index is 121. The van der Waals surface area contributed by atoms with Crippen LogP contribution < -0.4 is 5.73 Å². The van der Waals surface area contributed by atoms with Gasteiger partial charge in [0.2, 0.25) is 0 Å². The molecule has 0 aromatic rings. The molecule has 1 unspecified atom stereocenters. The van der Waals surface area contributed by atoms with Crippen LogP contribution in [0.1, 0.15) is 40.5 Å². The predicted molar refractivity (Wildman–Crippen MR) is 54.5 cm³/mol. The standard InChI is InChI=1S/C10H23NO2/c1-5-6-7-12-9(2)13-8-10(3,4)11/h9H,5-8,11H2,1-4H3. The number of nitrogens with two attached hydrogens (primary N) is 1. The molecule has 13 heavy (non-hydrogen) atoms. The minimum absolute atomic E-state index is 0.144. The lowest BCUT2D eigenvalue weighted by molar-refractivity contribution is -0.139. The second-order valence-electron chi connectivity index (χ2n) is 4.09. The molecule has 0 amide bonds. The molecule has 0 aliphatic rings. The second kappa shape index (κ2) is 6.35. The van der Waals surface area contributed by atoms with Crippen LogP contribution in [0.4, 0.5) is 0 Å². The first kappa shape index (κ1) is 12.9. The van der Waals surface area contributed by atoms with E-state index in [0.29, 0.717) is 6.61 Å². The summed E-state index contributed by atoms with van der Waals surface area (Å²) >= 11 is 0. The summed E-state index contributed by atoms with van der Waals surface area (Å²) in [5.74, 6) is 0. The van der Waals surface area contributed by atoms with E-state index in [1.165, 1.54) is 0 Å². The molecule has 0 saturated heterocycles. The predicted octanol–water partition coefficient (Wildman–Crippen LogP) is 1.90. The van der Waals surface area contributed by atoms with Gasteiger partial charge in [0.15, 0.2) is 6.29 Å². The average molecular weight is 189 g/mol. The monoisotopic (exact) mass is 189 g/mol. The molecule has 0 rings (SSSR count). The molecule has 3 nitrogen and oxygen atoms in total. The van der Waals surface area contributed by atoms with E-state index in [2.05, 4.69) is 6.92 Å². The van der Waals surface area contributed by atoms with E-state index < -0.39 is 0 Å². The van der Waals surface area contributed by atoms with Crippen LogP contribution in [0, 0.1) is 0 Å². The molecule has 0 aromatic carbocycles. The summed E-state index contributed by atoms with van der Waals surface area (Å²) in [6.07, 6.45) is 2.09. The first-order chi connectivity index (χ1) is 5.95. The van der Waals surface area contributed by atoms with E-state index in [1.807, 2.05) is 20.8 Å². The van der Waals surface area contributed by atoms with Crippen LogP contribution >= 0.6 is 0 Å². The van der Waals surface area contributed by atoms with Gasteiger partial charge < -0.3 is 15.2 Å². The van der Waals surface area contributed by atoms with E-state index in [4.69, 9.17) is 15.2 Å². The average Bonchev–Trinajstić information content (AvgIpc) is 2.00. The van der Waals surface area contributed by atoms with Crippen molar-refractivity contribution >= 4 is 0 Å². The van der Waals surface area contributed by atoms with Crippen molar-refractivity contribution in [2.75, 3.05) is 13.2 Å². The van der Waals surface area contributed by atoms with Crippen molar-refractivity contribution in [2.45, 2.75) is 52.4 Å². The topological polar surface area (TPSA) is 44.5 Å². The minimum atomic E-state index is -0.275. The van der Waals surface area contributed by atoms with Crippen molar-refractivity contribution in [3.05, 3.63) is 0 Å². The largest absolute Gasteiger partial charge is 0.353 e. The highest BCUT2D eigenvalue weighted by atomic mass is 16.7. The lowest BCUT2D eigenvalue weighted by Gasteiger charge is -2.21. The van der Waals surface area contributed by atoms with E-state index in [0.717, 1.165) is 19.4 Å². The van der Waals surface area contributed by atoms with E-state index in [9.17, 15) is 0 Å². The molecule has 2 N–H and O–H groups in total. The van der Waals surface area contributed by atoms with Gasteiger partial charge >= 0.3 is 0 Å². The van der Waals surface area contributed by atoms with Gasteiger partial charge in [-0.05, 0) is 27.2 Å². The fourth-order valence-corrected chi connectivity index (χ4v) is 0.774. The van der Waals surface area contributed by atoms with Crippen molar-refractivity contribution in [1.82, 2.24) is 0 Å². The molecule has 0 bridgehead atoms. The zero-order chi connectivity index (χ0) is 10.3. The molecule has 0 fully saturated rings. The van der Waals surface area contributed by atoms with Crippen LogP contribution in [0.15, 0.2) is 0 Å². The van der Waals surface area contributed by atoms with Crippen molar-refractivity contribution in [3.63, 3.8) is 0 Å². The Hall–Kier alpha value is -0.120. The Balaban J connectivity index is 3.35. The highest BCUT2D eigenvalue weighted by Gasteiger charge is 2.12. The van der Waals surface area contributed by atoms with Gasteiger partial charge in [-0.15, -0.1) is 0 Å². The fraction of sp³-hybridized carbons (Fsp3) is 1.00. The Morgan fingerprint density at radius 1 is 1.31 bits per heavy atom. The van der Waals surface area contributed by atoms with Crippen LogP contribution in [0.25, 0.3) is 0 Å². The lowest BCUT2D eigenvalue weighted by atomic mass is 10.1. The molecule has 0 aliphatic heterocycles.